The zero-order chi connectivity index (χ0) is 27.6. The summed E-state index contributed by atoms with van der Waals surface area (Å²) in [4.78, 5) is 0.323. The fourth-order valence-corrected chi connectivity index (χ4v) is 9.66. The number of hydrogen-bond acceptors (Lipinski definition) is 2. The van der Waals surface area contributed by atoms with Crippen molar-refractivity contribution in [3.63, 3.8) is 0 Å². The molecule has 0 aromatic heterocycles. The van der Waals surface area contributed by atoms with Crippen LogP contribution in [-0.4, -0.2) is 45.3 Å². The maximum absolute atomic E-state index is 13.0. The standard InChI is InChI=1S/C19H34O2SSi.3C4H10.Sn/c1-5-6-7-8-9-10-14-17-19(23(2,3)4)22(20,21)18-15-12-11-13-16-18;3*1-3-4-2;/h11-13,15-16,19H,5-10,14,17H2,1-4H3;3*3-4H2,1-2H3;. The number of rotatable bonds is 14. The largest absolute Gasteiger partial charge is 0.224 e. The molecule has 0 saturated heterocycles. The van der Waals surface area contributed by atoms with E-state index in [1.807, 2.05) is 18.2 Å². The van der Waals surface area contributed by atoms with Crippen LogP contribution in [0.2, 0.25) is 19.6 Å². The molecule has 0 aliphatic rings. The van der Waals surface area contributed by atoms with Crippen molar-refractivity contribution in [2.45, 2.75) is 168 Å². The molecule has 1 aromatic rings. The summed E-state index contributed by atoms with van der Waals surface area (Å²) in [6.45, 7) is 21.9. The number of benzene rings is 1. The van der Waals surface area contributed by atoms with Gasteiger partial charge in [0, 0.05) is 23.9 Å². The molecule has 0 bridgehead atoms. The first-order valence-corrected chi connectivity index (χ1v) is 20.0. The fourth-order valence-electron chi connectivity index (χ4n) is 3.11. The Morgan fingerprint density at radius 1 is 0.583 bits per heavy atom. The van der Waals surface area contributed by atoms with Crippen molar-refractivity contribution in [3.8, 4) is 0 Å². The Labute approximate surface area is 247 Å². The van der Waals surface area contributed by atoms with Crippen molar-refractivity contribution < 1.29 is 8.42 Å². The van der Waals surface area contributed by atoms with Gasteiger partial charge in [0.2, 0.25) is 0 Å². The van der Waals surface area contributed by atoms with Crippen molar-refractivity contribution in [2.75, 3.05) is 0 Å². The Bertz CT molecular complexity index is 612. The molecule has 0 saturated carbocycles. The van der Waals surface area contributed by atoms with Gasteiger partial charge in [-0.1, -0.05) is 170 Å². The Balaban J connectivity index is -0.000000328. The second-order valence-corrected chi connectivity index (χ2v) is 18.6. The molecule has 0 amide bonds. The van der Waals surface area contributed by atoms with E-state index < -0.39 is 17.9 Å². The quantitative estimate of drug-likeness (QED) is 0.149. The monoisotopic (exact) mass is 648 g/mol. The van der Waals surface area contributed by atoms with Gasteiger partial charge in [0.15, 0.2) is 9.84 Å². The van der Waals surface area contributed by atoms with Crippen LogP contribution in [0.15, 0.2) is 35.2 Å². The van der Waals surface area contributed by atoms with E-state index in [9.17, 15) is 8.42 Å². The number of hydrogen-bond donors (Lipinski definition) is 0. The molecule has 0 fully saturated rings. The second-order valence-electron chi connectivity index (χ2n) is 10.6. The molecule has 0 N–H and O–H groups in total. The van der Waals surface area contributed by atoms with Crippen molar-refractivity contribution in [3.05, 3.63) is 30.3 Å². The van der Waals surface area contributed by atoms with E-state index in [0.29, 0.717) is 4.90 Å². The molecule has 5 heteroatoms. The number of unbranched alkanes of at least 4 members (excludes halogenated alkanes) is 9. The molecular weight excluding hydrogens is 583 g/mol. The molecule has 0 aliphatic carbocycles. The molecular formula is C31H64O2SSiSn. The van der Waals surface area contributed by atoms with Gasteiger partial charge in [0.05, 0.1) is 17.8 Å². The van der Waals surface area contributed by atoms with E-state index in [4.69, 9.17) is 0 Å². The van der Waals surface area contributed by atoms with Gasteiger partial charge in [-0.15, -0.1) is 0 Å². The van der Waals surface area contributed by atoms with Crippen LogP contribution in [0.25, 0.3) is 0 Å². The summed E-state index contributed by atoms with van der Waals surface area (Å²) < 4.78 is 26.0. The third-order valence-corrected chi connectivity index (χ3v) is 13.2. The Hall–Kier alpha value is 0.186. The zero-order valence-corrected chi connectivity index (χ0v) is 30.8. The van der Waals surface area contributed by atoms with Crippen molar-refractivity contribution in [1.82, 2.24) is 0 Å². The third-order valence-electron chi connectivity index (χ3n) is 5.98. The van der Waals surface area contributed by atoms with Crippen LogP contribution in [0.3, 0.4) is 0 Å². The molecule has 4 radical (unpaired) electrons. The van der Waals surface area contributed by atoms with E-state index in [2.05, 4.69) is 68.1 Å². The van der Waals surface area contributed by atoms with Gasteiger partial charge in [-0.3, -0.25) is 0 Å². The number of sulfone groups is 1. The van der Waals surface area contributed by atoms with Crippen molar-refractivity contribution in [1.29, 1.82) is 0 Å². The maximum Gasteiger partial charge on any atom is 0.178 e. The van der Waals surface area contributed by atoms with Crippen LogP contribution in [0.4, 0.5) is 0 Å². The van der Waals surface area contributed by atoms with Crippen LogP contribution in [0.1, 0.15) is 138 Å². The molecule has 0 heterocycles. The van der Waals surface area contributed by atoms with Crippen molar-refractivity contribution in [2.24, 2.45) is 0 Å². The van der Waals surface area contributed by atoms with Gasteiger partial charge in [-0.25, -0.2) is 8.42 Å². The predicted octanol–water partition coefficient (Wildman–Crippen LogP) is 10.9. The van der Waals surface area contributed by atoms with Crippen LogP contribution in [-0.2, 0) is 9.84 Å². The van der Waals surface area contributed by atoms with E-state index in [-0.39, 0.29) is 28.8 Å². The summed E-state index contributed by atoms with van der Waals surface area (Å²) in [6, 6.07) is 9.00. The first-order valence-electron chi connectivity index (χ1n) is 14.8. The zero-order valence-electron chi connectivity index (χ0n) is 26.1. The van der Waals surface area contributed by atoms with Crippen LogP contribution < -0.4 is 0 Å². The Morgan fingerprint density at radius 3 is 1.28 bits per heavy atom. The molecule has 0 aliphatic heterocycles. The van der Waals surface area contributed by atoms with Crippen LogP contribution in [0.5, 0.6) is 0 Å². The molecule has 214 valence electrons. The summed E-state index contributed by atoms with van der Waals surface area (Å²) >= 11 is 0. The summed E-state index contributed by atoms with van der Waals surface area (Å²) in [7, 11) is -4.97. The summed E-state index contributed by atoms with van der Waals surface area (Å²) in [5, 5.41) is 0. The molecule has 36 heavy (non-hydrogen) atoms. The third kappa shape index (κ3) is 25.8. The molecule has 1 unspecified atom stereocenters. The van der Waals surface area contributed by atoms with E-state index in [1.54, 1.807) is 12.1 Å². The second kappa shape index (κ2) is 29.7. The molecule has 1 atom stereocenters. The van der Waals surface area contributed by atoms with Gasteiger partial charge in [0.1, 0.15) is 0 Å². The average Bonchev–Trinajstić information content (AvgIpc) is 2.85. The Morgan fingerprint density at radius 2 is 0.944 bits per heavy atom. The molecule has 2 nitrogen and oxygen atoms in total. The topological polar surface area (TPSA) is 34.1 Å². The van der Waals surface area contributed by atoms with E-state index in [1.165, 1.54) is 70.6 Å². The fraction of sp³-hybridized carbons (Fsp3) is 0.806. The summed E-state index contributed by atoms with van der Waals surface area (Å²) in [6.07, 6.45) is 17.4. The minimum absolute atomic E-state index is 0. The normalized spacial score (nSPS) is 11.4. The van der Waals surface area contributed by atoms with Crippen molar-refractivity contribution >= 4 is 41.8 Å². The molecule has 1 rings (SSSR count). The van der Waals surface area contributed by atoms with Crippen LogP contribution in [0, 0.1) is 0 Å². The van der Waals surface area contributed by atoms with Crippen LogP contribution >= 0.6 is 0 Å². The minimum atomic E-state index is -3.20. The van der Waals surface area contributed by atoms with Gasteiger partial charge < -0.3 is 0 Å². The Kier molecular flexibility index (Phi) is 35.7. The minimum Gasteiger partial charge on any atom is -0.224 e. The van der Waals surface area contributed by atoms with Gasteiger partial charge in [-0.2, -0.15) is 0 Å². The smallest absolute Gasteiger partial charge is 0.178 e. The predicted molar refractivity (Wildman–Crippen MR) is 171 cm³/mol. The SMILES string of the molecule is CCCC.CCCC.CCCC.CCCCCCCCCC([Si](C)(C)C)S(=O)(=O)c1ccccc1.[Sn]. The van der Waals surface area contributed by atoms with Gasteiger partial charge >= 0.3 is 0 Å². The van der Waals surface area contributed by atoms with Gasteiger partial charge in [-0.05, 0) is 18.6 Å². The molecule has 1 aromatic carbocycles. The average molecular weight is 648 g/mol. The molecule has 0 spiro atoms. The first kappa shape index (κ1) is 43.2. The van der Waals surface area contributed by atoms with E-state index >= 15 is 0 Å². The maximum atomic E-state index is 13.0. The summed E-state index contributed by atoms with van der Waals surface area (Å²) in [5.74, 6) is 0. The van der Waals surface area contributed by atoms with Gasteiger partial charge in [0.25, 0.3) is 0 Å². The summed E-state index contributed by atoms with van der Waals surface area (Å²) in [5.41, 5.74) is 0. The first-order chi connectivity index (χ1) is 16.5. The van der Waals surface area contributed by atoms with E-state index in [0.717, 1.165) is 19.3 Å².